The zero-order chi connectivity index (χ0) is 19.6. The molecule has 0 unspecified atom stereocenters. The van der Waals surface area contributed by atoms with Crippen LogP contribution in [-0.2, 0) is 5.41 Å². The Balaban J connectivity index is 1.71. The van der Waals surface area contributed by atoms with Crippen LogP contribution in [-0.4, -0.2) is 15.8 Å². The van der Waals surface area contributed by atoms with Crippen molar-refractivity contribution in [2.24, 2.45) is 0 Å². The molecule has 0 aliphatic rings. The maximum Gasteiger partial charge on any atom is 0.269 e. The van der Waals surface area contributed by atoms with Crippen molar-refractivity contribution in [3.05, 3.63) is 75.2 Å². The van der Waals surface area contributed by atoms with E-state index in [0.29, 0.717) is 16.4 Å². The van der Waals surface area contributed by atoms with E-state index in [4.69, 9.17) is 0 Å². The Bertz CT molecular complexity index is 971. The fourth-order valence-corrected chi connectivity index (χ4v) is 3.22. The molecule has 0 atom stereocenters. The SMILES string of the molecule is CC(C)(C)c1ccc(C(=O)Nc2nc(-c3ccc([N+](=O)[O-])cc3)cs2)cc1. The highest BCUT2D eigenvalue weighted by molar-refractivity contribution is 7.14. The van der Waals surface area contributed by atoms with E-state index in [9.17, 15) is 14.9 Å². The van der Waals surface area contributed by atoms with Crippen molar-refractivity contribution in [2.45, 2.75) is 26.2 Å². The number of thiazole rings is 1. The second-order valence-corrected chi connectivity index (χ2v) is 7.98. The van der Waals surface area contributed by atoms with Crippen LogP contribution in [0.15, 0.2) is 53.9 Å². The molecule has 0 fully saturated rings. The molecule has 27 heavy (non-hydrogen) atoms. The van der Waals surface area contributed by atoms with Gasteiger partial charge >= 0.3 is 0 Å². The number of hydrogen-bond donors (Lipinski definition) is 1. The molecule has 6 nitrogen and oxygen atoms in total. The van der Waals surface area contributed by atoms with Gasteiger partial charge in [0.15, 0.2) is 5.13 Å². The van der Waals surface area contributed by atoms with E-state index in [1.165, 1.54) is 23.5 Å². The molecular formula is C20H19N3O3S. The van der Waals surface area contributed by atoms with E-state index < -0.39 is 4.92 Å². The summed E-state index contributed by atoms with van der Waals surface area (Å²) in [6.45, 7) is 6.37. The molecule has 1 amide bonds. The first kappa shape index (κ1) is 18.7. The molecule has 0 aliphatic carbocycles. The smallest absolute Gasteiger partial charge is 0.269 e. The average molecular weight is 381 g/mol. The van der Waals surface area contributed by atoms with E-state index >= 15 is 0 Å². The Labute approximate surface area is 161 Å². The van der Waals surface area contributed by atoms with Gasteiger partial charge in [-0.2, -0.15) is 0 Å². The molecule has 0 saturated carbocycles. The van der Waals surface area contributed by atoms with Gasteiger partial charge in [0, 0.05) is 28.6 Å². The van der Waals surface area contributed by atoms with Gasteiger partial charge in [-0.15, -0.1) is 11.3 Å². The third-order valence-corrected chi connectivity index (χ3v) is 4.87. The van der Waals surface area contributed by atoms with E-state index in [2.05, 4.69) is 31.1 Å². The number of carbonyl (C=O) groups excluding carboxylic acids is 1. The number of anilines is 1. The van der Waals surface area contributed by atoms with Crippen LogP contribution < -0.4 is 5.32 Å². The number of nitro groups is 1. The summed E-state index contributed by atoms with van der Waals surface area (Å²) < 4.78 is 0. The molecule has 3 rings (SSSR count). The number of nitro benzene ring substituents is 1. The number of non-ortho nitro benzene ring substituents is 1. The number of benzene rings is 2. The highest BCUT2D eigenvalue weighted by Gasteiger charge is 2.15. The fourth-order valence-electron chi connectivity index (χ4n) is 2.51. The van der Waals surface area contributed by atoms with Crippen molar-refractivity contribution in [1.82, 2.24) is 4.98 Å². The van der Waals surface area contributed by atoms with Gasteiger partial charge in [-0.25, -0.2) is 4.98 Å². The molecule has 138 valence electrons. The van der Waals surface area contributed by atoms with Gasteiger partial charge in [0.1, 0.15) is 0 Å². The molecule has 1 N–H and O–H groups in total. The van der Waals surface area contributed by atoms with Crippen LogP contribution in [0.25, 0.3) is 11.3 Å². The van der Waals surface area contributed by atoms with Crippen molar-refractivity contribution in [2.75, 3.05) is 5.32 Å². The molecule has 7 heteroatoms. The highest BCUT2D eigenvalue weighted by Crippen LogP contribution is 2.27. The van der Waals surface area contributed by atoms with Gasteiger partial charge in [0.25, 0.3) is 11.6 Å². The Kier molecular flexibility index (Phi) is 5.05. The largest absolute Gasteiger partial charge is 0.298 e. The molecule has 2 aromatic carbocycles. The first-order valence-electron chi connectivity index (χ1n) is 8.36. The van der Waals surface area contributed by atoms with E-state index in [1.807, 2.05) is 12.1 Å². The van der Waals surface area contributed by atoms with Crippen molar-refractivity contribution in [3.63, 3.8) is 0 Å². The van der Waals surface area contributed by atoms with E-state index in [-0.39, 0.29) is 17.0 Å². The standard InChI is InChI=1S/C20H19N3O3S/c1-20(2,3)15-8-4-14(5-9-15)18(24)22-19-21-17(12-27-19)13-6-10-16(11-7-13)23(25)26/h4-12H,1-3H3,(H,21,22,24). The first-order chi connectivity index (χ1) is 12.7. The summed E-state index contributed by atoms with van der Waals surface area (Å²) in [7, 11) is 0. The van der Waals surface area contributed by atoms with Crippen molar-refractivity contribution in [3.8, 4) is 11.3 Å². The minimum Gasteiger partial charge on any atom is -0.298 e. The van der Waals surface area contributed by atoms with Crippen molar-refractivity contribution >= 4 is 28.1 Å². The topological polar surface area (TPSA) is 85.1 Å². The average Bonchev–Trinajstić information content (AvgIpc) is 3.09. The summed E-state index contributed by atoms with van der Waals surface area (Å²) in [4.78, 5) is 27.1. The molecule has 0 radical (unpaired) electrons. The molecule has 0 saturated heterocycles. The maximum atomic E-state index is 12.4. The van der Waals surface area contributed by atoms with Crippen molar-refractivity contribution < 1.29 is 9.72 Å². The zero-order valence-corrected chi connectivity index (χ0v) is 16.0. The molecule has 1 aromatic heterocycles. The van der Waals surface area contributed by atoms with Crippen molar-refractivity contribution in [1.29, 1.82) is 0 Å². The third kappa shape index (κ3) is 4.38. The van der Waals surface area contributed by atoms with Crippen LogP contribution in [0.5, 0.6) is 0 Å². The second-order valence-electron chi connectivity index (χ2n) is 7.12. The van der Waals surface area contributed by atoms with Crippen LogP contribution in [0.2, 0.25) is 0 Å². The van der Waals surface area contributed by atoms with Crippen LogP contribution in [0.1, 0.15) is 36.7 Å². The lowest BCUT2D eigenvalue weighted by Gasteiger charge is -2.18. The minimum absolute atomic E-state index is 0.0289. The second kappa shape index (κ2) is 7.28. The van der Waals surface area contributed by atoms with Gasteiger partial charge < -0.3 is 0 Å². The Morgan fingerprint density at radius 3 is 2.26 bits per heavy atom. The lowest BCUT2D eigenvalue weighted by molar-refractivity contribution is -0.384. The third-order valence-electron chi connectivity index (χ3n) is 4.11. The number of rotatable bonds is 4. The lowest BCUT2D eigenvalue weighted by Crippen LogP contribution is -2.14. The van der Waals surface area contributed by atoms with Crippen LogP contribution in [0.4, 0.5) is 10.8 Å². The molecule has 0 bridgehead atoms. The normalized spacial score (nSPS) is 11.2. The number of hydrogen-bond acceptors (Lipinski definition) is 5. The van der Waals surface area contributed by atoms with Crippen LogP contribution in [0, 0.1) is 10.1 Å². The Morgan fingerprint density at radius 2 is 1.70 bits per heavy atom. The van der Waals surface area contributed by atoms with Crippen LogP contribution >= 0.6 is 11.3 Å². The zero-order valence-electron chi connectivity index (χ0n) is 15.2. The van der Waals surface area contributed by atoms with Crippen LogP contribution in [0.3, 0.4) is 0 Å². The number of aromatic nitrogens is 1. The molecule has 3 aromatic rings. The van der Waals surface area contributed by atoms with Gasteiger partial charge in [0.2, 0.25) is 0 Å². The van der Waals surface area contributed by atoms with E-state index in [0.717, 1.165) is 11.1 Å². The minimum atomic E-state index is -0.443. The maximum absolute atomic E-state index is 12.4. The fraction of sp³-hybridized carbons (Fsp3) is 0.200. The van der Waals surface area contributed by atoms with E-state index in [1.54, 1.807) is 29.6 Å². The van der Waals surface area contributed by atoms with Gasteiger partial charge in [-0.1, -0.05) is 32.9 Å². The lowest BCUT2D eigenvalue weighted by atomic mass is 9.87. The summed E-state index contributed by atoms with van der Waals surface area (Å²) in [5, 5.41) is 15.8. The first-order valence-corrected chi connectivity index (χ1v) is 9.24. The molecule has 1 heterocycles. The summed E-state index contributed by atoms with van der Waals surface area (Å²) in [5.74, 6) is -0.222. The molecule has 0 spiro atoms. The number of amides is 1. The Morgan fingerprint density at radius 1 is 1.07 bits per heavy atom. The predicted octanol–water partition coefficient (Wildman–Crippen LogP) is 5.27. The number of carbonyl (C=O) groups is 1. The molecular weight excluding hydrogens is 362 g/mol. The Hall–Kier alpha value is -3.06. The monoisotopic (exact) mass is 381 g/mol. The highest BCUT2D eigenvalue weighted by atomic mass is 32.1. The predicted molar refractivity (Wildman–Crippen MR) is 107 cm³/mol. The summed E-state index contributed by atoms with van der Waals surface area (Å²) >= 11 is 1.31. The van der Waals surface area contributed by atoms with Gasteiger partial charge in [-0.3, -0.25) is 20.2 Å². The quantitative estimate of drug-likeness (QED) is 0.493. The van der Waals surface area contributed by atoms with Gasteiger partial charge in [0.05, 0.1) is 10.6 Å². The summed E-state index contributed by atoms with van der Waals surface area (Å²) in [5.41, 5.74) is 3.20. The summed E-state index contributed by atoms with van der Waals surface area (Å²) in [6, 6.07) is 13.7. The molecule has 0 aliphatic heterocycles. The number of nitrogens with one attached hydrogen (secondary N) is 1. The summed E-state index contributed by atoms with van der Waals surface area (Å²) in [6.07, 6.45) is 0. The van der Waals surface area contributed by atoms with Gasteiger partial charge in [-0.05, 0) is 35.2 Å². The number of nitrogens with zero attached hydrogens (tertiary/aromatic N) is 2.